The lowest BCUT2D eigenvalue weighted by Gasteiger charge is -1.93. The van der Waals surface area contributed by atoms with Gasteiger partial charge < -0.3 is 0 Å². The molecule has 1 rings (SSSR count). The molecular weight excluding hydrogens is 218 g/mol. The highest BCUT2D eigenvalue weighted by Gasteiger charge is 1.85. The van der Waals surface area contributed by atoms with E-state index < -0.39 is 0 Å². The van der Waals surface area contributed by atoms with Gasteiger partial charge in [-0.3, -0.25) is 4.98 Å². The van der Waals surface area contributed by atoms with Crippen molar-refractivity contribution in [2.24, 2.45) is 0 Å². The lowest BCUT2D eigenvalue weighted by molar-refractivity contribution is 0.624. The summed E-state index contributed by atoms with van der Waals surface area (Å²) >= 11 is 0. The van der Waals surface area contributed by atoms with Crippen molar-refractivity contribution in [3.8, 4) is 0 Å². The summed E-state index contributed by atoms with van der Waals surface area (Å²) in [6.45, 7) is 12.6. The average molecular weight is 251 g/mol. The van der Waals surface area contributed by atoms with Crippen molar-refractivity contribution in [3.63, 3.8) is 0 Å². The molecule has 0 saturated heterocycles. The van der Waals surface area contributed by atoms with Crippen LogP contribution in [0.15, 0.2) is 18.3 Å². The van der Waals surface area contributed by atoms with E-state index in [0.29, 0.717) is 0 Å². The minimum atomic E-state index is 1.12. The second-order valence-corrected chi connectivity index (χ2v) is 4.32. The monoisotopic (exact) mass is 251 g/mol. The van der Waals surface area contributed by atoms with Gasteiger partial charge in [0.2, 0.25) is 0 Å². The number of pyridine rings is 1. The van der Waals surface area contributed by atoms with Gasteiger partial charge in [-0.15, -0.1) is 0 Å². The van der Waals surface area contributed by atoms with Crippen molar-refractivity contribution in [2.45, 2.75) is 80.1 Å². The Labute approximate surface area is 115 Å². The third kappa shape index (κ3) is 13.2. The van der Waals surface area contributed by atoms with Gasteiger partial charge >= 0.3 is 0 Å². The van der Waals surface area contributed by atoms with Gasteiger partial charge in [0.15, 0.2) is 0 Å². The maximum atomic E-state index is 4.08. The van der Waals surface area contributed by atoms with Crippen molar-refractivity contribution in [2.75, 3.05) is 0 Å². The van der Waals surface area contributed by atoms with Gasteiger partial charge in [-0.25, -0.2) is 0 Å². The highest BCUT2D eigenvalue weighted by Crippen LogP contribution is 2.03. The summed E-state index contributed by atoms with van der Waals surface area (Å²) in [6.07, 6.45) is 10.3. The van der Waals surface area contributed by atoms with Crippen molar-refractivity contribution in [1.82, 2.24) is 4.98 Å². The third-order valence-electron chi connectivity index (χ3n) is 2.73. The molecule has 0 aliphatic carbocycles. The molecule has 0 fully saturated rings. The number of rotatable bonds is 5. The van der Waals surface area contributed by atoms with Crippen LogP contribution in [-0.4, -0.2) is 4.98 Å². The molecule has 0 N–H and O–H groups in total. The van der Waals surface area contributed by atoms with Gasteiger partial charge in [0.1, 0.15) is 0 Å². The lowest BCUT2D eigenvalue weighted by atomic mass is 10.1. The zero-order chi connectivity index (χ0) is 14.2. The number of hydrogen-bond acceptors (Lipinski definition) is 1. The Bertz CT molecular complexity index is 229. The van der Waals surface area contributed by atoms with Crippen LogP contribution in [0.3, 0.4) is 0 Å². The summed E-state index contributed by atoms with van der Waals surface area (Å²) in [5.41, 5.74) is 2.38. The fraction of sp³-hybridized carbons (Fsp3) is 0.706. The minimum Gasteiger partial charge on any atom is -0.261 e. The van der Waals surface area contributed by atoms with E-state index in [1.165, 1.54) is 44.1 Å². The predicted molar refractivity (Wildman–Crippen MR) is 84.1 cm³/mol. The molecule has 106 valence electrons. The summed E-state index contributed by atoms with van der Waals surface area (Å²) in [7, 11) is 0. The summed E-state index contributed by atoms with van der Waals surface area (Å²) in [5.74, 6) is 0. The van der Waals surface area contributed by atoms with Crippen LogP contribution in [0, 0.1) is 13.8 Å². The number of hydrogen-bond donors (Lipinski definition) is 0. The lowest BCUT2D eigenvalue weighted by Crippen LogP contribution is -1.81. The fourth-order valence-electron chi connectivity index (χ4n) is 1.42. The van der Waals surface area contributed by atoms with Gasteiger partial charge in [0.05, 0.1) is 0 Å². The number of nitrogens with zero attached hydrogens (tertiary/aromatic N) is 1. The molecular formula is C17H33N. The van der Waals surface area contributed by atoms with Crippen LogP contribution in [0.2, 0.25) is 0 Å². The topological polar surface area (TPSA) is 12.9 Å². The summed E-state index contributed by atoms with van der Waals surface area (Å²) in [5, 5.41) is 0. The third-order valence-corrected chi connectivity index (χ3v) is 2.73. The van der Waals surface area contributed by atoms with Gasteiger partial charge in [-0.1, -0.05) is 72.3 Å². The van der Waals surface area contributed by atoms with Crippen molar-refractivity contribution >= 4 is 0 Å². The zero-order valence-electron chi connectivity index (χ0n) is 13.4. The predicted octanol–water partition coefficient (Wildman–Crippen LogP) is 6.09. The van der Waals surface area contributed by atoms with Crippen molar-refractivity contribution in [1.29, 1.82) is 0 Å². The molecule has 1 heteroatoms. The van der Waals surface area contributed by atoms with Crippen LogP contribution in [0.5, 0.6) is 0 Å². The molecule has 18 heavy (non-hydrogen) atoms. The van der Waals surface area contributed by atoms with E-state index in [4.69, 9.17) is 0 Å². The Kier molecular flexibility index (Phi) is 17.5. The van der Waals surface area contributed by atoms with E-state index in [2.05, 4.69) is 31.8 Å². The van der Waals surface area contributed by atoms with E-state index in [9.17, 15) is 0 Å². The van der Waals surface area contributed by atoms with Crippen LogP contribution < -0.4 is 0 Å². The SMILES string of the molecule is CC.CCCCCCCC.Cc1cccnc1C. The van der Waals surface area contributed by atoms with Gasteiger partial charge in [0, 0.05) is 11.9 Å². The smallest absolute Gasteiger partial charge is 0.0401 e. The van der Waals surface area contributed by atoms with E-state index in [-0.39, 0.29) is 0 Å². The minimum absolute atomic E-state index is 1.12. The molecule has 0 radical (unpaired) electrons. The molecule has 0 spiro atoms. The van der Waals surface area contributed by atoms with E-state index in [0.717, 1.165) is 5.69 Å². The molecule has 0 saturated carbocycles. The summed E-state index contributed by atoms with van der Waals surface area (Å²) in [4.78, 5) is 4.08. The van der Waals surface area contributed by atoms with Gasteiger partial charge in [0.25, 0.3) is 0 Å². The normalized spacial score (nSPS) is 8.78. The first kappa shape index (κ1) is 19.5. The van der Waals surface area contributed by atoms with E-state index in [1.54, 1.807) is 0 Å². The largest absolute Gasteiger partial charge is 0.261 e. The van der Waals surface area contributed by atoms with Crippen LogP contribution >= 0.6 is 0 Å². The molecule has 0 aliphatic heterocycles. The van der Waals surface area contributed by atoms with Crippen molar-refractivity contribution < 1.29 is 0 Å². The summed E-state index contributed by atoms with van der Waals surface area (Å²) < 4.78 is 0. The summed E-state index contributed by atoms with van der Waals surface area (Å²) in [6, 6.07) is 4.00. The fourth-order valence-corrected chi connectivity index (χ4v) is 1.42. The second-order valence-electron chi connectivity index (χ2n) is 4.32. The number of aromatic nitrogens is 1. The van der Waals surface area contributed by atoms with Gasteiger partial charge in [-0.05, 0) is 25.5 Å². The molecule has 1 aromatic heterocycles. The Morgan fingerprint density at radius 2 is 1.39 bits per heavy atom. The molecule has 0 aliphatic rings. The van der Waals surface area contributed by atoms with Crippen LogP contribution in [0.25, 0.3) is 0 Å². The Hall–Kier alpha value is -0.850. The van der Waals surface area contributed by atoms with Crippen LogP contribution in [-0.2, 0) is 0 Å². The van der Waals surface area contributed by atoms with Crippen LogP contribution in [0.1, 0.15) is 77.5 Å². The average Bonchev–Trinajstić information content (AvgIpc) is 2.41. The Morgan fingerprint density at radius 1 is 0.889 bits per heavy atom. The van der Waals surface area contributed by atoms with Crippen molar-refractivity contribution in [3.05, 3.63) is 29.6 Å². The van der Waals surface area contributed by atoms with E-state index in [1.807, 2.05) is 33.0 Å². The molecule has 0 aromatic carbocycles. The Morgan fingerprint density at radius 3 is 1.67 bits per heavy atom. The molecule has 0 bridgehead atoms. The quantitative estimate of drug-likeness (QED) is 0.577. The van der Waals surface area contributed by atoms with Gasteiger partial charge in [-0.2, -0.15) is 0 Å². The number of unbranched alkanes of at least 4 members (excludes halogenated alkanes) is 5. The van der Waals surface area contributed by atoms with Crippen LogP contribution in [0.4, 0.5) is 0 Å². The second kappa shape index (κ2) is 16.1. The molecule has 1 nitrogen and oxygen atoms in total. The highest BCUT2D eigenvalue weighted by atomic mass is 14.6. The standard InChI is InChI=1S/C8H18.C7H9N.C2H6/c1-3-5-7-8-6-4-2;1-6-4-3-5-8-7(6)2;1-2/h3-8H2,1-2H3;3-5H,1-2H3;1-2H3. The highest BCUT2D eigenvalue weighted by molar-refractivity contribution is 5.15. The zero-order valence-corrected chi connectivity index (χ0v) is 13.4. The van der Waals surface area contributed by atoms with E-state index >= 15 is 0 Å². The number of aryl methyl sites for hydroxylation is 2. The Balaban J connectivity index is 0. The first-order valence-corrected chi connectivity index (χ1v) is 7.60. The molecule has 0 amide bonds. The first-order chi connectivity index (χ1) is 8.72. The first-order valence-electron chi connectivity index (χ1n) is 7.60. The molecule has 0 unspecified atom stereocenters. The molecule has 1 aromatic rings. The molecule has 0 atom stereocenters. The maximum Gasteiger partial charge on any atom is 0.0401 e. The molecule has 1 heterocycles. The maximum absolute atomic E-state index is 4.08.